The predicted octanol–water partition coefficient (Wildman–Crippen LogP) is 3.35. The Labute approximate surface area is 109 Å². The van der Waals surface area contributed by atoms with E-state index in [2.05, 4.69) is 11.4 Å². The van der Waals surface area contributed by atoms with Crippen molar-refractivity contribution in [3.05, 3.63) is 28.8 Å². The van der Waals surface area contributed by atoms with Crippen molar-refractivity contribution in [1.29, 1.82) is 5.26 Å². The minimum Gasteiger partial charge on any atom is -0.325 e. The molecule has 0 fully saturated rings. The zero-order chi connectivity index (χ0) is 13.9. The van der Waals surface area contributed by atoms with Gasteiger partial charge in [0.2, 0.25) is 5.91 Å². The molecule has 1 aromatic carbocycles. The van der Waals surface area contributed by atoms with E-state index < -0.39 is 5.92 Å². The Balaban J connectivity index is 2.96. The van der Waals surface area contributed by atoms with Crippen LogP contribution in [0.2, 0.25) is 0 Å². The highest BCUT2D eigenvalue weighted by Crippen LogP contribution is 2.23. The van der Waals surface area contributed by atoms with Gasteiger partial charge in [-0.1, -0.05) is 19.9 Å². The summed E-state index contributed by atoms with van der Waals surface area (Å²) in [5.74, 6) is -0.813. The highest BCUT2D eigenvalue weighted by Gasteiger charge is 2.22. The first kappa shape index (κ1) is 14.2. The number of rotatable bonds is 3. The summed E-state index contributed by atoms with van der Waals surface area (Å²) in [7, 11) is 0. The average molecular weight is 244 g/mol. The van der Waals surface area contributed by atoms with Crippen molar-refractivity contribution in [2.75, 3.05) is 5.32 Å². The molecule has 1 aromatic rings. The minimum absolute atomic E-state index is 0.0156. The van der Waals surface area contributed by atoms with E-state index in [0.29, 0.717) is 0 Å². The first-order valence-electron chi connectivity index (χ1n) is 6.15. The number of carbonyl (C=O) groups is 1. The number of nitriles is 1. The fourth-order valence-electron chi connectivity index (χ4n) is 1.81. The van der Waals surface area contributed by atoms with Gasteiger partial charge < -0.3 is 5.32 Å². The van der Waals surface area contributed by atoms with E-state index in [4.69, 9.17) is 5.26 Å². The number of hydrogen-bond donors (Lipinski definition) is 1. The molecule has 3 nitrogen and oxygen atoms in total. The molecule has 0 saturated heterocycles. The Bertz CT molecular complexity index is 498. The van der Waals surface area contributed by atoms with Crippen molar-refractivity contribution in [2.24, 2.45) is 11.8 Å². The van der Waals surface area contributed by atoms with Crippen LogP contribution in [0, 0.1) is 43.9 Å². The van der Waals surface area contributed by atoms with Crippen LogP contribution in [0.4, 0.5) is 5.69 Å². The van der Waals surface area contributed by atoms with Gasteiger partial charge in [0.05, 0.1) is 6.07 Å². The van der Waals surface area contributed by atoms with Crippen LogP contribution in [-0.4, -0.2) is 5.91 Å². The summed E-state index contributed by atoms with van der Waals surface area (Å²) in [6, 6.07) is 5.93. The number of carbonyl (C=O) groups excluding carboxylic acids is 1. The van der Waals surface area contributed by atoms with Crippen LogP contribution < -0.4 is 5.32 Å². The summed E-state index contributed by atoms with van der Waals surface area (Å²) in [6.45, 7) is 9.81. The van der Waals surface area contributed by atoms with E-state index in [1.807, 2.05) is 46.8 Å². The summed E-state index contributed by atoms with van der Waals surface area (Å²) in [5.41, 5.74) is 4.23. The molecule has 96 valence electrons. The second-order valence-corrected chi connectivity index (χ2v) is 5.02. The van der Waals surface area contributed by atoms with Crippen LogP contribution in [0.25, 0.3) is 0 Å². The van der Waals surface area contributed by atoms with Crippen LogP contribution in [0.15, 0.2) is 12.1 Å². The zero-order valence-corrected chi connectivity index (χ0v) is 11.7. The Morgan fingerprint density at radius 3 is 2.33 bits per heavy atom. The van der Waals surface area contributed by atoms with Crippen molar-refractivity contribution >= 4 is 11.6 Å². The van der Waals surface area contributed by atoms with Crippen LogP contribution in [-0.2, 0) is 4.79 Å². The Kier molecular flexibility index (Phi) is 4.49. The standard InChI is InChI=1S/C15H20N2O/c1-9(2)13(8-16)15(18)17-14-7-6-10(3)11(4)12(14)5/h6-7,9,13H,1-5H3,(H,17,18). The Hall–Kier alpha value is -1.82. The second kappa shape index (κ2) is 5.68. The lowest BCUT2D eigenvalue weighted by Gasteiger charge is -2.16. The fraction of sp³-hybridized carbons (Fsp3) is 0.467. The number of amides is 1. The SMILES string of the molecule is Cc1ccc(NC(=O)C(C#N)C(C)C)c(C)c1C. The maximum Gasteiger partial charge on any atom is 0.241 e. The molecule has 1 unspecified atom stereocenters. The van der Waals surface area contributed by atoms with E-state index in [1.54, 1.807) is 0 Å². The number of nitrogens with zero attached hydrogens (tertiary/aromatic N) is 1. The summed E-state index contributed by atoms with van der Waals surface area (Å²) < 4.78 is 0. The van der Waals surface area contributed by atoms with Gasteiger partial charge in [0.15, 0.2) is 0 Å². The molecule has 0 aliphatic rings. The lowest BCUT2D eigenvalue weighted by atomic mass is 9.96. The molecular weight excluding hydrogens is 224 g/mol. The number of nitrogens with one attached hydrogen (secondary N) is 1. The highest BCUT2D eigenvalue weighted by atomic mass is 16.1. The summed E-state index contributed by atoms with van der Waals surface area (Å²) in [6.07, 6.45) is 0. The lowest BCUT2D eigenvalue weighted by molar-refractivity contribution is -0.119. The van der Waals surface area contributed by atoms with E-state index in [9.17, 15) is 4.79 Å². The van der Waals surface area contributed by atoms with Crippen molar-refractivity contribution in [3.8, 4) is 6.07 Å². The molecule has 18 heavy (non-hydrogen) atoms. The van der Waals surface area contributed by atoms with Crippen molar-refractivity contribution in [1.82, 2.24) is 0 Å². The van der Waals surface area contributed by atoms with Gasteiger partial charge in [-0.15, -0.1) is 0 Å². The second-order valence-electron chi connectivity index (χ2n) is 5.02. The van der Waals surface area contributed by atoms with E-state index in [-0.39, 0.29) is 11.8 Å². The van der Waals surface area contributed by atoms with Gasteiger partial charge in [-0.05, 0) is 49.4 Å². The van der Waals surface area contributed by atoms with Gasteiger partial charge in [0.1, 0.15) is 5.92 Å². The molecule has 0 aliphatic carbocycles. The number of aryl methyl sites for hydroxylation is 1. The zero-order valence-electron chi connectivity index (χ0n) is 11.7. The van der Waals surface area contributed by atoms with Crippen molar-refractivity contribution < 1.29 is 4.79 Å². The first-order valence-corrected chi connectivity index (χ1v) is 6.15. The maximum atomic E-state index is 12.0. The minimum atomic E-state index is -0.606. The molecule has 3 heteroatoms. The number of benzene rings is 1. The van der Waals surface area contributed by atoms with E-state index in [0.717, 1.165) is 11.3 Å². The van der Waals surface area contributed by atoms with Gasteiger partial charge in [-0.25, -0.2) is 0 Å². The number of hydrogen-bond acceptors (Lipinski definition) is 2. The maximum absolute atomic E-state index is 12.0. The molecule has 0 saturated carbocycles. The molecular formula is C15H20N2O. The van der Waals surface area contributed by atoms with Gasteiger partial charge in [0, 0.05) is 5.69 Å². The van der Waals surface area contributed by atoms with Crippen LogP contribution >= 0.6 is 0 Å². The molecule has 0 bridgehead atoms. The van der Waals surface area contributed by atoms with Gasteiger partial charge >= 0.3 is 0 Å². The molecule has 0 heterocycles. The molecule has 1 atom stereocenters. The van der Waals surface area contributed by atoms with Crippen molar-refractivity contribution in [3.63, 3.8) is 0 Å². The highest BCUT2D eigenvalue weighted by molar-refractivity contribution is 5.95. The topological polar surface area (TPSA) is 52.9 Å². The largest absolute Gasteiger partial charge is 0.325 e. The third-order valence-corrected chi connectivity index (χ3v) is 3.40. The van der Waals surface area contributed by atoms with E-state index >= 15 is 0 Å². The number of anilines is 1. The van der Waals surface area contributed by atoms with Gasteiger partial charge in [0.25, 0.3) is 0 Å². The normalized spacial score (nSPS) is 12.1. The first-order chi connectivity index (χ1) is 8.38. The van der Waals surface area contributed by atoms with Crippen molar-refractivity contribution in [2.45, 2.75) is 34.6 Å². The molecule has 0 spiro atoms. The fourth-order valence-corrected chi connectivity index (χ4v) is 1.81. The summed E-state index contributed by atoms with van der Waals surface area (Å²) in [4.78, 5) is 12.0. The third kappa shape index (κ3) is 2.89. The van der Waals surface area contributed by atoms with Crippen LogP contribution in [0.3, 0.4) is 0 Å². The molecule has 0 aliphatic heterocycles. The molecule has 1 amide bonds. The van der Waals surface area contributed by atoms with Crippen LogP contribution in [0.5, 0.6) is 0 Å². The molecule has 0 radical (unpaired) electrons. The smallest absolute Gasteiger partial charge is 0.241 e. The predicted molar refractivity (Wildman–Crippen MR) is 73.2 cm³/mol. The molecule has 0 aromatic heterocycles. The van der Waals surface area contributed by atoms with Crippen LogP contribution in [0.1, 0.15) is 30.5 Å². The summed E-state index contributed by atoms with van der Waals surface area (Å²) in [5, 5.41) is 11.9. The quantitative estimate of drug-likeness (QED) is 0.886. The monoisotopic (exact) mass is 244 g/mol. The van der Waals surface area contributed by atoms with Gasteiger partial charge in [-0.3, -0.25) is 4.79 Å². The average Bonchev–Trinajstić information content (AvgIpc) is 2.30. The Morgan fingerprint density at radius 2 is 1.83 bits per heavy atom. The molecule has 1 N–H and O–H groups in total. The molecule has 1 rings (SSSR count). The summed E-state index contributed by atoms with van der Waals surface area (Å²) >= 11 is 0. The van der Waals surface area contributed by atoms with Gasteiger partial charge in [-0.2, -0.15) is 5.26 Å². The lowest BCUT2D eigenvalue weighted by Crippen LogP contribution is -2.26. The van der Waals surface area contributed by atoms with E-state index in [1.165, 1.54) is 11.1 Å². The third-order valence-electron chi connectivity index (χ3n) is 3.40. The Morgan fingerprint density at radius 1 is 1.22 bits per heavy atom.